The van der Waals surface area contributed by atoms with E-state index < -0.39 is 19.5 Å². The number of hydrogen-bond acceptors (Lipinski definition) is 2. The second kappa shape index (κ2) is 18.3. The molecule has 4 heteroatoms. The van der Waals surface area contributed by atoms with E-state index in [1.54, 1.807) is 0 Å². The van der Waals surface area contributed by atoms with Gasteiger partial charge in [-0.3, -0.25) is 0 Å². The normalized spacial score (nSPS) is 8.54. The van der Waals surface area contributed by atoms with E-state index in [1.165, 1.54) is 38.5 Å². The first-order valence-electron chi connectivity index (χ1n) is 4.95. The summed E-state index contributed by atoms with van der Waals surface area (Å²) in [4.78, 5) is 0. The van der Waals surface area contributed by atoms with Gasteiger partial charge < -0.3 is 5.11 Å². The molecule has 2 N–H and O–H groups in total. The Kier molecular flexibility index (Phi) is 22.3. The van der Waals surface area contributed by atoms with Crippen LogP contribution in [-0.2, 0) is 22.8 Å². The van der Waals surface area contributed by atoms with Gasteiger partial charge in [0.25, 0.3) is 0 Å². The molecule has 0 aromatic carbocycles. The Morgan fingerprint density at radius 1 is 1.00 bits per heavy atom. The number of aliphatic hydroxyl groups is 1. The summed E-state index contributed by atoms with van der Waals surface area (Å²) in [5.74, 6) is 0. The summed E-state index contributed by atoms with van der Waals surface area (Å²) in [6.45, 7) is 2.60. The van der Waals surface area contributed by atoms with Crippen LogP contribution < -0.4 is 0 Å². The van der Waals surface area contributed by atoms with Gasteiger partial charge in [0, 0.05) is 6.61 Å². The van der Waals surface area contributed by atoms with Crippen molar-refractivity contribution in [2.45, 2.75) is 51.9 Å². The van der Waals surface area contributed by atoms with Crippen molar-refractivity contribution in [2.24, 2.45) is 0 Å². The topological polar surface area (TPSA) is 57.5 Å². The molecule has 79 valence electrons. The molecule has 0 saturated carbocycles. The van der Waals surface area contributed by atoms with Gasteiger partial charge in [-0.15, -0.1) is 0 Å². The molecule has 0 aliphatic rings. The summed E-state index contributed by atoms with van der Waals surface area (Å²) < 4.78 is 15.8. The van der Waals surface area contributed by atoms with Crippen molar-refractivity contribution in [3.63, 3.8) is 0 Å². The second-order valence-corrected chi connectivity index (χ2v) is 3.22. The summed E-state index contributed by atoms with van der Waals surface area (Å²) in [5.41, 5.74) is 0. The molecule has 0 rings (SSSR count). The molecule has 3 nitrogen and oxygen atoms in total. The Morgan fingerprint density at radius 3 is 1.77 bits per heavy atom. The van der Waals surface area contributed by atoms with Gasteiger partial charge in [0.2, 0.25) is 0 Å². The Bertz CT molecular complexity index is 80.9. The number of unbranched alkanes of at least 4 members (excludes halogenated alkanes) is 6. The summed E-state index contributed by atoms with van der Waals surface area (Å²) in [6, 6.07) is 0. The summed E-state index contributed by atoms with van der Waals surface area (Å²) >= 11 is -1.75. The first kappa shape index (κ1) is 15.9. The summed E-state index contributed by atoms with van der Waals surface area (Å²) in [7, 11) is 0. The average Bonchev–Trinajstić information content (AvgIpc) is 2.13. The van der Waals surface area contributed by atoms with Crippen molar-refractivity contribution in [1.82, 2.24) is 0 Å². The molecule has 0 aliphatic carbocycles. The Morgan fingerprint density at radius 2 is 1.38 bits per heavy atom. The van der Waals surface area contributed by atoms with Crippen molar-refractivity contribution in [3.8, 4) is 0 Å². The van der Waals surface area contributed by atoms with Gasteiger partial charge in [-0.2, -0.15) is 0 Å². The fourth-order valence-corrected chi connectivity index (χ4v) is 1.07. The van der Waals surface area contributed by atoms with Gasteiger partial charge in [-0.25, -0.2) is 0 Å². The van der Waals surface area contributed by atoms with Gasteiger partial charge in [0.1, 0.15) is 0 Å². The van der Waals surface area contributed by atoms with Crippen LogP contribution in [0.4, 0.5) is 0 Å². The van der Waals surface area contributed by atoms with E-state index in [1.807, 2.05) is 0 Å². The van der Waals surface area contributed by atoms with Crippen LogP contribution in [0.2, 0.25) is 0 Å². The molecule has 0 fully saturated rings. The van der Waals surface area contributed by atoms with Crippen LogP contribution in [0, 0.1) is 0 Å². The SMILES string of the molecule is CCCCCCCCCO.[O]=[Ti][OH]. The molecule has 0 bridgehead atoms. The van der Waals surface area contributed by atoms with E-state index in [0.717, 1.165) is 6.42 Å². The second-order valence-electron chi connectivity index (χ2n) is 2.94. The van der Waals surface area contributed by atoms with Crippen molar-refractivity contribution in [1.29, 1.82) is 0 Å². The molecule has 0 aromatic heterocycles. The van der Waals surface area contributed by atoms with E-state index in [2.05, 4.69) is 6.92 Å². The van der Waals surface area contributed by atoms with Crippen LogP contribution >= 0.6 is 0 Å². The quantitative estimate of drug-likeness (QED) is 0.515. The fourth-order valence-electron chi connectivity index (χ4n) is 1.07. The summed E-state index contributed by atoms with van der Waals surface area (Å²) in [5, 5.41) is 8.47. The minimum absolute atomic E-state index is 0.369. The Balaban J connectivity index is 0. The molecule has 0 saturated heterocycles. The van der Waals surface area contributed by atoms with Gasteiger partial charge in [-0.1, -0.05) is 45.4 Å². The molecule has 0 atom stereocenters. The number of hydrogen-bond donors (Lipinski definition) is 2. The van der Waals surface area contributed by atoms with E-state index >= 15 is 0 Å². The predicted molar refractivity (Wildman–Crippen MR) is 48.0 cm³/mol. The number of rotatable bonds is 7. The molecule has 13 heavy (non-hydrogen) atoms. The van der Waals surface area contributed by atoms with Crippen LogP contribution in [0.25, 0.3) is 0 Å². The third kappa shape index (κ3) is 24.5. The standard InChI is InChI=1S/C9H20O.H2O.O.Ti/c1-2-3-4-5-6-7-8-9-10;;;/h10H,2-9H2,1H3;1H2;;/q;;;+1/p-1. The molecular weight excluding hydrogens is 204 g/mol. The first-order chi connectivity index (χ1) is 6.33. The van der Waals surface area contributed by atoms with E-state index in [4.69, 9.17) is 12.1 Å². The maximum absolute atomic E-state index is 8.61. The Hall–Kier alpha value is 0.434. The molecule has 0 aliphatic heterocycles. The van der Waals surface area contributed by atoms with E-state index in [9.17, 15) is 0 Å². The molecule has 0 aromatic rings. The fraction of sp³-hybridized carbons (Fsp3) is 1.00. The molecule has 0 heterocycles. The van der Waals surface area contributed by atoms with Gasteiger partial charge >= 0.3 is 26.5 Å². The van der Waals surface area contributed by atoms with Crippen LogP contribution in [0.15, 0.2) is 0 Å². The van der Waals surface area contributed by atoms with Crippen molar-refractivity contribution < 1.29 is 31.6 Å². The molecule has 0 spiro atoms. The van der Waals surface area contributed by atoms with Crippen LogP contribution in [0.1, 0.15) is 51.9 Å². The predicted octanol–water partition coefficient (Wildman–Crippen LogP) is 2.05. The third-order valence-electron chi connectivity index (χ3n) is 1.76. The maximum atomic E-state index is 8.61. The van der Waals surface area contributed by atoms with Gasteiger partial charge in [-0.05, 0) is 6.42 Å². The zero-order chi connectivity index (χ0) is 10.4. The van der Waals surface area contributed by atoms with Gasteiger partial charge in [0.15, 0.2) is 0 Å². The average molecular weight is 225 g/mol. The van der Waals surface area contributed by atoms with E-state index in [-0.39, 0.29) is 0 Å². The Labute approximate surface area is 90.3 Å². The van der Waals surface area contributed by atoms with Crippen molar-refractivity contribution in [2.75, 3.05) is 6.61 Å². The van der Waals surface area contributed by atoms with Crippen LogP contribution in [0.5, 0.6) is 0 Å². The van der Waals surface area contributed by atoms with Gasteiger partial charge in [0.05, 0.1) is 0 Å². The zero-order valence-electron chi connectivity index (χ0n) is 8.46. The molecule has 0 amide bonds. The first-order valence-corrected chi connectivity index (χ1v) is 6.29. The third-order valence-corrected chi connectivity index (χ3v) is 1.76. The zero-order valence-corrected chi connectivity index (χ0v) is 10.0. The van der Waals surface area contributed by atoms with Crippen LogP contribution in [-0.4, -0.2) is 15.4 Å². The number of aliphatic hydroxyl groups excluding tert-OH is 1. The van der Waals surface area contributed by atoms with Crippen molar-refractivity contribution >= 4 is 0 Å². The monoisotopic (exact) mass is 225 g/mol. The summed E-state index contributed by atoms with van der Waals surface area (Å²) in [6.07, 6.45) is 8.93. The molecular formula is C9H21O3Ti. The van der Waals surface area contributed by atoms with Crippen molar-refractivity contribution in [3.05, 3.63) is 0 Å². The van der Waals surface area contributed by atoms with E-state index in [0.29, 0.717) is 6.61 Å². The minimum atomic E-state index is -1.75. The molecule has 0 radical (unpaired) electrons. The molecule has 0 unspecified atom stereocenters. The van der Waals surface area contributed by atoms with Crippen LogP contribution in [0.3, 0.4) is 0 Å².